The summed E-state index contributed by atoms with van der Waals surface area (Å²) >= 11 is 0. The molecule has 0 aromatic heterocycles. The van der Waals surface area contributed by atoms with Crippen LogP contribution in [0, 0.1) is 0 Å². The Balaban J connectivity index is -0.000000000833. The van der Waals surface area contributed by atoms with E-state index in [0.717, 1.165) is 0 Å². The molecule has 4 heteroatoms. The van der Waals surface area contributed by atoms with Crippen molar-refractivity contribution in [1.82, 2.24) is 0 Å². The molecule has 0 aliphatic rings. The molecule has 0 unspecified atom stereocenters. The molecule has 0 aliphatic carbocycles. The van der Waals surface area contributed by atoms with E-state index in [-0.39, 0.29) is 112 Å². The predicted molar refractivity (Wildman–Crippen MR) is 7.48 cm³/mol. The van der Waals surface area contributed by atoms with Crippen LogP contribution in [0.4, 0.5) is 0 Å². The van der Waals surface area contributed by atoms with Crippen LogP contribution >= 0.6 is 0 Å². The molecular weight excluding hydrogens is 157 g/mol. The van der Waals surface area contributed by atoms with Crippen molar-refractivity contribution in [3.05, 3.63) is 0 Å². The summed E-state index contributed by atoms with van der Waals surface area (Å²) in [6, 6.07) is 0. The van der Waals surface area contributed by atoms with Gasteiger partial charge in [-0.15, -0.1) is 0 Å². The van der Waals surface area contributed by atoms with Crippen molar-refractivity contribution < 1.29 is 123 Å². The molecule has 0 radical (unpaired) electrons. The van der Waals surface area contributed by atoms with Crippen molar-refractivity contribution >= 4 is 0 Å². The minimum atomic E-state index is 0. The van der Waals surface area contributed by atoms with Crippen LogP contribution < -0.4 is 110 Å². The van der Waals surface area contributed by atoms with Crippen LogP contribution in [0.3, 0.4) is 0 Å². The largest absolute Gasteiger partial charge is 1.00 e. The molecule has 0 saturated heterocycles. The summed E-state index contributed by atoms with van der Waals surface area (Å²) in [7, 11) is 0. The average Bonchev–Trinajstić information content (AvgIpc) is 1.00. The molecule has 2 nitrogen and oxygen atoms in total. The van der Waals surface area contributed by atoms with E-state index in [1.54, 1.807) is 0 Å². The first kappa shape index (κ1) is 15.7. The van der Waals surface area contributed by atoms with Gasteiger partial charge in [0, 0.05) is 0 Å². The normalized spacial score (nSPS) is 1.50. The smallest absolute Gasteiger partial charge is 1.00 e. The maximum atomic E-state index is 6.00. The van der Waals surface area contributed by atoms with Crippen molar-refractivity contribution in [2.24, 2.45) is 0 Å². The molecule has 18 valence electrons. The second-order valence-electron chi connectivity index (χ2n) is 0. The molecule has 4 heavy (non-hydrogen) atoms. The standard InChI is InChI=1S/K.H2O2.Rb.2H/c;1-2;;;/h;1-2H;;;/q+1;;+1;2*-1. The van der Waals surface area contributed by atoms with Gasteiger partial charge in [0.1, 0.15) is 0 Å². The molecule has 0 aromatic carbocycles. The molecule has 2 N–H and O–H groups in total. The Hall–Kier alpha value is 3.36. The number of hydrogen-bond donors (Lipinski definition) is 2. The van der Waals surface area contributed by atoms with Crippen molar-refractivity contribution in [2.75, 3.05) is 0 Å². The predicted octanol–water partition coefficient (Wildman–Crippen LogP) is -5.75. The van der Waals surface area contributed by atoms with E-state index >= 15 is 0 Å². The molecule has 0 spiro atoms. The van der Waals surface area contributed by atoms with Crippen molar-refractivity contribution in [3.8, 4) is 0 Å². The van der Waals surface area contributed by atoms with Gasteiger partial charge in [0.15, 0.2) is 0 Å². The number of hydrogen-bond acceptors (Lipinski definition) is 2. The summed E-state index contributed by atoms with van der Waals surface area (Å²) in [5.74, 6) is 0. The first-order chi connectivity index (χ1) is 1.00. The molecular formula is H4KO2Rb. The minimum Gasteiger partial charge on any atom is -1.00 e. The molecule has 0 bridgehead atoms. The summed E-state index contributed by atoms with van der Waals surface area (Å²) in [5, 5.41) is 12.0. The van der Waals surface area contributed by atoms with Gasteiger partial charge >= 0.3 is 110 Å². The van der Waals surface area contributed by atoms with E-state index < -0.39 is 0 Å². The molecule has 0 atom stereocenters. The van der Waals surface area contributed by atoms with E-state index in [2.05, 4.69) is 0 Å². The van der Waals surface area contributed by atoms with Gasteiger partial charge in [0.05, 0.1) is 0 Å². The topological polar surface area (TPSA) is 40.5 Å². The van der Waals surface area contributed by atoms with E-state index in [4.69, 9.17) is 10.5 Å². The Kier molecular flexibility index (Phi) is 63.4. The fourth-order valence-electron chi connectivity index (χ4n) is 0. The zero-order valence-corrected chi connectivity index (χ0v) is 10.9. The SMILES string of the molecule is OO.[H-].[H-].[K+].[Rb+]. The van der Waals surface area contributed by atoms with Gasteiger partial charge in [-0.2, -0.15) is 0 Å². The van der Waals surface area contributed by atoms with Crippen LogP contribution in [0.1, 0.15) is 2.85 Å². The molecule has 0 rings (SSSR count). The number of rotatable bonds is 0. The van der Waals surface area contributed by atoms with E-state index in [0.29, 0.717) is 0 Å². The van der Waals surface area contributed by atoms with Crippen molar-refractivity contribution in [2.45, 2.75) is 0 Å². The Morgan fingerprint density at radius 2 is 1.25 bits per heavy atom. The fourth-order valence-corrected chi connectivity index (χ4v) is 0. The van der Waals surface area contributed by atoms with E-state index in [1.807, 2.05) is 0 Å². The first-order valence-electron chi connectivity index (χ1n) is 0.200. The second-order valence-corrected chi connectivity index (χ2v) is 0. The van der Waals surface area contributed by atoms with Crippen LogP contribution in [0.15, 0.2) is 0 Å². The second kappa shape index (κ2) is 16.2. The average molecular weight is 161 g/mol. The summed E-state index contributed by atoms with van der Waals surface area (Å²) in [4.78, 5) is 0. The summed E-state index contributed by atoms with van der Waals surface area (Å²) in [5.41, 5.74) is 0. The van der Waals surface area contributed by atoms with Crippen molar-refractivity contribution in [1.29, 1.82) is 0 Å². The summed E-state index contributed by atoms with van der Waals surface area (Å²) < 4.78 is 0. The zero-order chi connectivity index (χ0) is 2.00. The van der Waals surface area contributed by atoms with Crippen LogP contribution in [0.25, 0.3) is 0 Å². The van der Waals surface area contributed by atoms with Crippen LogP contribution in [-0.2, 0) is 0 Å². The third-order valence-electron chi connectivity index (χ3n) is 0. The van der Waals surface area contributed by atoms with Crippen molar-refractivity contribution in [3.63, 3.8) is 0 Å². The molecule has 0 fully saturated rings. The Morgan fingerprint density at radius 3 is 1.25 bits per heavy atom. The molecule has 0 saturated carbocycles. The Bertz CT molecular complexity index is 11.5. The van der Waals surface area contributed by atoms with Gasteiger partial charge in [-0.25, -0.2) is 0 Å². The van der Waals surface area contributed by atoms with Gasteiger partial charge < -0.3 is 2.85 Å². The van der Waals surface area contributed by atoms with E-state index in [1.165, 1.54) is 0 Å². The van der Waals surface area contributed by atoms with Crippen LogP contribution in [-0.4, -0.2) is 10.5 Å². The van der Waals surface area contributed by atoms with E-state index in [9.17, 15) is 0 Å². The molecule has 0 heterocycles. The molecule has 0 amide bonds. The first-order valence-corrected chi connectivity index (χ1v) is 0.200. The quantitative estimate of drug-likeness (QED) is 0.211. The molecule has 0 aromatic rings. The molecule has 0 aliphatic heterocycles. The van der Waals surface area contributed by atoms with Gasteiger partial charge in [0.25, 0.3) is 0 Å². The summed E-state index contributed by atoms with van der Waals surface area (Å²) in [6.45, 7) is 0. The Labute approximate surface area is 119 Å². The Morgan fingerprint density at radius 1 is 1.25 bits per heavy atom. The third kappa shape index (κ3) is 9.03. The monoisotopic (exact) mass is 160 g/mol. The van der Waals surface area contributed by atoms with Crippen LogP contribution in [0.2, 0.25) is 0 Å². The van der Waals surface area contributed by atoms with Crippen LogP contribution in [0.5, 0.6) is 0 Å². The van der Waals surface area contributed by atoms with Gasteiger partial charge in [0.2, 0.25) is 0 Å². The zero-order valence-electron chi connectivity index (χ0n) is 4.89. The van der Waals surface area contributed by atoms with Gasteiger partial charge in [-0.3, -0.25) is 10.5 Å². The minimum absolute atomic E-state index is 0. The van der Waals surface area contributed by atoms with Gasteiger partial charge in [-0.05, 0) is 0 Å². The third-order valence-corrected chi connectivity index (χ3v) is 0. The fraction of sp³-hybridized carbons (Fsp3) is 0. The summed E-state index contributed by atoms with van der Waals surface area (Å²) in [6.07, 6.45) is 0. The van der Waals surface area contributed by atoms with Gasteiger partial charge in [-0.1, -0.05) is 0 Å². The maximum absolute atomic E-state index is 6.00. The maximum Gasteiger partial charge on any atom is 1.00 e.